The molecule has 0 atom stereocenters. The highest BCUT2D eigenvalue weighted by Gasteiger charge is 2.46. The number of nitrogens with zero attached hydrogens (tertiary/aromatic N) is 2. The molecule has 1 aromatic carbocycles. The molecule has 2 N–H and O–H groups in total. The SMILES string of the molecule is CN=C(NCCc1csc(C)n1)NCC1(c2ccccc2OC)CC1.I. The Kier molecular flexibility index (Phi) is 7.69. The maximum absolute atomic E-state index is 5.54. The molecular weight excluding hydrogens is 459 g/mol. The van der Waals surface area contributed by atoms with Gasteiger partial charge in [-0.2, -0.15) is 0 Å². The molecule has 1 aromatic heterocycles. The highest BCUT2D eigenvalue weighted by Crippen LogP contribution is 2.50. The molecule has 0 bridgehead atoms. The van der Waals surface area contributed by atoms with E-state index in [1.165, 1.54) is 18.4 Å². The Balaban J connectivity index is 0.00000243. The summed E-state index contributed by atoms with van der Waals surface area (Å²) in [6, 6.07) is 8.32. The Morgan fingerprint density at radius 3 is 2.69 bits per heavy atom. The van der Waals surface area contributed by atoms with Crippen LogP contribution >= 0.6 is 35.3 Å². The summed E-state index contributed by atoms with van der Waals surface area (Å²) in [6.07, 6.45) is 3.26. The van der Waals surface area contributed by atoms with Crippen molar-refractivity contribution < 1.29 is 4.74 Å². The molecular formula is C19H27IN4OS. The van der Waals surface area contributed by atoms with Gasteiger partial charge in [0.2, 0.25) is 0 Å². The van der Waals surface area contributed by atoms with Crippen molar-refractivity contribution in [1.82, 2.24) is 15.6 Å². The summed E-state index contributed by atoms with van der Waals surface area (Å²) in [4.78, 5) is 8.83. The molecule has 1 fully saturated rings. The summed E-state index contributed by atoms with van der Waals surface area (Å²) in [6.45, 7) is 3.72. The zero-order valence-electron chi connectivity index (χ0n) is 15.5. The van der Waals surface area contributed by atoms with Gasteiger partial charge in [0.05, 0.1) is 17.8 Å². The van der Waals surface area contributed by atoms with Crippen molar-refractivity contribution in [2.75, 3.05) is 27.2 Å². The normalized spacial score (nSPS) is 15.1. The smallest absolute Gasteiger partial charge is 0.191 e. The lowest BCUT2D eigenvalue weighted by Crippen LogP contribution is -2.42. The topological polar surface area (TPSA) is 58.5 Å². The molecule has 0 radical (unpaired) electrons. The van der Waals surface area contributed by atoms with E-state index in [0.717, 1.165) is 41.9 Å². The van der Waals surface area contributed by atoms with Crippen LogP contribution in [0.3, 0.4) is 0 Å². The fourth-order valence-electron chi connectivity index (χ4n) is 3.08. The molecule has 0 aliphatic heterocycles. The summed E-state index contributed by atoms with van der Waals surface area (Å²) in [7, 11) is 3.55. The maximum atomic E-state index is 5.54. The van der Waals surface area contributed by atoms with Crippen LogP contribution in [0.4, 0.5) is 0 Å². The van der Waals surface area contributed by atoms with Crippen LogP contribution in [0.15, 0.2) is 34.6 Å². The number of aliphatic imine (C=N–C) groups is 1. The first-order valence-electron chi connectivity index (χ1n) is 8.66. The molecule has 1 aliphatic carbocycles. The van der Waals surface area contributed by atoms with Crippen LogP contribution in [-0.2, 0) is 11.8 Å². The summed E-state index contributed by atoms with van der Waals surface area (Å²) >= 11 is 1.70. The number of halogens is 1. The zero-order valence-corrected chi connectivity index (χ0v) is 18.7. The number of rotatable bonds is 7. The molecule has 0 saturated heterocycles. The molecule has 0 unspecified atom stereocenters. The Bertz CT molecular complexity index is 743. The summed E-state index contributed by atoms with van der Waals surface area (Å²) in [5.74, 6) is 1.82. The molecule has 0 amide bonds. The van der Waals surface area contributed by atoms with Gasteiger partial charge in [0.1, 0.15) is 5.75 Å². The predicted molar refractivity (Wildman–Crippen MR) is 119 cm³/mol. The molecule has 3 rings (SSSR count). The zero-order chi connectivity index (χ0) is 17.7. The van der Waals surface area contributed by atoms with Gasteiger partial charge in [0.15, 0.2) is 5.96 Å². The second-order valence-electron chi connectivity index (χ2n) is 6.44. The molecule has 1 aliphatic rings. The van der Waals surface area contributed by atoms with Gasteiger partial charge < -0.3 is 15.4 Å². The first-order valence-corrected chi connectivity index (χ1v) is 9.54. The van der Waals surface area contributed by atoms with E-state index < -0.39 is 0 Å². The summed E-state index contributed by atoms with van der Waals surface area (Å²) in [5.41, 5.74) is 2.59. The Hall–Kier alpha value is -1.35. The van der Waals surface area contributed by atoms with Crippen molar-refractivity contribution >= 4 is 41.3 Å². The summed E-state index contributed by atoms with van der Waals surface area (Å²) < 4.78 is 5.54. The molecule has 26 heavy (non-hydrogen) atoms. The summed E-state index contributed by atoms with van der Waals surface area (Å²) in [5, 5.41) is 10.1. The highest BCUT2D eigenvalue weighted by atomic mass is 127. The van der Waals surface area contributed by atoms with Crippen LogP contribution in [-0.4, -0.2) is 38.2 Å². The molecule has 0 spiro atoms. The van der Waals surface area contributed by atoms with Gasteiger partial charge in [0.25, 0.3) is 0 Å². The number of hydrogen-bond donors (Lipinski definition) is 2. The van der Waals surface area contributed by atoms with Crippen molar-refractivity contribution in [3.8, 4) is 5.75 Å². The number of thiazole rings is 1. The van der Waals surface area contributed by atoms with Gasteiger partial charge in [0, 0.05) is 42.9 Å². The van der Waals surface area contributed by atoms with E-state index in [2.05, 4.69) is 38.1 Å². The fourth-order valence-corrected chi connectivity index (χ4v) is 3.73. The van der Waals surface area contributed by atoms with Crippen molar-refractivity contribution in [2.45, 2.75) is 31.6 Å². The third kappa shape index (κ3) is 5.09. The van der Waals surface area contributed by atoms with Crippen LogP contribution in [0.5, 0.6) is 5.75 Å². The van der Waals surface area contributed by atoms with Crippen molar-refractivity contribution in [3.05, 3.63) is 45.9 Å². The number of nitrogens with one attached hydrogen (secondary N) is 2. The van der Waals surface area contributed by atoms with Crippen molar-refractivity contribution in [3.63, 3.8) is 0 Å². The second-order valence-corrected chi connectivity index (χ2v) is 7.50. The highest BCUT2D eigenvalue weighted by molar-refractivity contribution is 14.0. The number of aromatic nitrogens is 1. The van der Waals surface area contributed by atoms with E-state index in [4.69, 9.17) is 4.74 Å². The first kappa shape index (κ1) is 21.0. The first-order chi connectivity index (χ1) is 12.2. The van der Waals surface area contributed by atoms with E-state index in [1.807, 2.05) is 26.1 Å². The van der Waals surface area contributed by atoms with Crippen LogP contribution in [0.25, 0.3) is 0 Å². The Labute approximate surface area is 176 Å². The Morgan fingerprint density at radius 2 is 2.08 bits per heavy atom. The quantitative estimate of drug-likeness (QED) is 0.357. The van der Waals surface area contributed by atoms with E-state index in [-0.39, 0.29) is 29.4 Å². The van der Waals surface area contributed by atoms with Crippen LogP contribution in [0, 0.1) is 6.92 Å². The van der Waals surface area contributed by atoms with E-state index >= 15 is 0 Å². The van der Waals surface area contributed by atoms with Crippen LogP contribution < -0.4 is 15.4 Å². The molecule has 142 valence electrons. The lowest BCUT2D eigenvalue weighted by molar-refractivity contribution is 0.403. The van der Waals surface area contributed by atoms with Gasteiger partial charge >= 0.3 is 0 Å². The molecule has 2 aromatic rings. The third-order valence-electron chi connectivity index (χ3n) is 4.69. The lowest BCUT2D eigenvalue weighted by Gasteiger charge is -2.21. The second kappa shape index (κ2) is 9.55. The number of methoxy groups -OCH3 is 1. The molecule has 1 heterocycles. The molecule has 1 saturated carbocycles. The largest absolute Gasteiger partial charge is 0.496 e. The minimum atomic E-state index is 0. The number of guanidine groups is 1. The maximum Gasteiger partial charge on any atom is 0.191 e. The molecule has 7 heteroatoms. The third-order valence-corrected chi connectivity index (χ3v) is 5.51. The number of benzene rings is 1. The molecule has 5 nitrogen and oxygen atoms in total. The van der Waals surface area contributed by atoms with Gasteiger partial charge in [-0.1, -0.05) is 18.2 Å². The van der Waals surface area contributed by atoms with Crippen molar-refractivity contribution in [2.24, 2.45) is 4.99 Å². The van der Waals surface area contributed by atoms with Gasteiger partial charge in [-0.05, 0) is 25.8 Å². The van der Waals surface area contributed by atoms with Gasteiger partial charge in [-0.15, -0.1) is 35.3 Å². The minimum absolute atomic E-state index is 0. The van der Waals surface area contributed by atoms with Gasteiger partial charge in [-0.25, -0.2) is 4.98 Å². The van der Waals surface area contributed by atoms with Crippen LogP contribution in [0.1, 0.15) is 29.1 Å². The van der Waals surface area contributed by atoms with E-state index in [1.54, 1.807) is 18.4 Å². The Morgan fingerprint density at radius 1 is 1.31 bits per heavy atom. The standard InChI is InChI=1S/C19H26N4OS.HI/c1-14-23-15(12-25-14)8-11-21-18(20-2)22-13-19(9-10-19)16-6-4-5-7-17(16)24-3;/h4-7,12H,8-11,13H2,1-3H3,(H2,20,21,22);1H. The number of hydrogen-bond acceptors (Lipinski definition) is 4. The lowest BCUT2D eigenvalue weighted by atomic mass is 9.95. The fraction of sp³-hybridized carbons (Fsp3) is 0.474. The number of ether oxygens (including phenoxy) is 1. The van der Waals surface area contributed by atoms with E-state index in [9.17, 15) is 0 Å². The number of para-hydroxylation sites is 1. The predicted octanol–water partition coefficient (Wildman–Crippen LogP) is 3.52. The monoisotopic (exact) mass is 486 g/mol. The van der Waals surface area contributed by atoms with E-state index in [0.29, 0.717) is 0 Å². The average molecular weight is 486 g/mol. The average Bonchev–Trinajstić information content (AvgIpc) is 3.32. The van der Waals surface area contributed by atoms with Gasteiger partial charge in [-0.3, -0.25) is 4.99 Å². The number of aryl methyl sites for hydroxylation is 1. The van der Waals surface area contributed by atoms with Crippen molar-refractivity contribution in [1.29, 1.82) is 0 Å². The minimum Gasteiger partial charge on any atom is -0.496 e. The van der Waals surface area contributed by atoms with Crippen LogP contribution in [0.2, 0.25) is 0 Å².